The summed E-state index contributed by atoms with van der Waals surface area (Å²) < 4.78 is 1.67. The van der Waals surface area contributed by atoms with Gasteiger partial charge in [0, 0.05) is 6.42 Å². The van der Waals surface area contributed by atoms with Crippen LogP contribution in [0.25, 0.3) is 5.69 Å². The molecule has 20 heavy (non-hydrogen) atoms. The van der Waals surface area contributed by atoms with Crippen LogP contribution in [0.4, 0.5) is 0 Å². The van der Waals surface area contributed by atoms with Crippen LogP contribution in [-0.4, -0.2) is 20.8 Å². The zero-order valence-electron chi connectivity index (χ0n) is 11.8. The topological polar surface area (TPSA) is 71.6 Å². The van der Waals surface area contributed by atoms with Gasteiger partial charge in [0.05, 0.1) is 23.0 Å². The first-order valence-electron chi connectivity index (χ1n) is 6.61. The second-order valence-electron chi connectivity index (χ2n) is 4.54. The summed E-state index contributed by atoms with van der Waals surface area (Å²) in [6.45, 7) is 5.71. The van der Waals surface area contributed by atoms with Crippen LogP contribution in [0.3, 0.4) is 0 Å². The van der Waals surface area contributed by atoms with Gasteiger partial charge in [-0.2, -0.15) is 5.26 Å². The van der Waals surface area contributed by atoms with Gasteiger partial charge in [-0.25, -0.2) is 4.68 Å². The van der Waals surface area contributed by atoms with Gasteiger partial charge >= 0.3 is 0 Å². The van der Waals surface area contributed by atoms with Gasteiger partial charge in [0.25, 0.3) is 0 Å². The number of hydrogen-bond donors (Lipinski definition) is 0. The number of nitriles is 1. The number of Topliss-reactive ketones (excluding diaryl/α,β-unsaturated/α-hetero) is 1. The van der Waals surface area contributed by atoms with Crippen molar-refractivity contribution in [3.63, 3.8) is 0 Å². The molecule has 0 bridgehead atoms. The van der Waals surface area contributed by atoms with Crippen LogP contribution in [-0.2, 0) is 6.42 Å². The first kappa shape index (κ1) is 13.9. The minimum absolute atomic E-state index is 0.0119. The van der Waals surface area contributed by atoms with E-state index in [-0.39, 0.29) is 5.78 Å². The maximum absolute atomic E-state index is 11.9. The lowest BCUT2D eigenvalue weighted by atomic mass is 10.1. The predicted octanol–water partition coefficient (Wildman–Crippen LogP) is 2.60. The molecular weight excluding hydrogens is 252 g/mol. The van der Waals surface area contributed by atoms with E-state index in [1.807, 2.05) is 26.8 Å². The summed E-state index contributed by atoms with van der Waals surface area (Å²) in [5.74, 6) is -0.0119. The van der Waals surface area contributed by atoms with Crippen LogP contribution >= 0.6 is 0 Å². The third kappa shape index (κ3) is 2.32. The van der Waals surface area contributed by atoms with Gasteiger partial charge in [-0.1, -0.05) is 25.1 Å². The molecule has 0 atom stereocenters. The van der Waals surface area contributed by atoms with Crippen molar-refractivity contribution >= 4 is 5.78 Å². The second kappa shape index (κ2) is 5.66. The summed E-state index contributed by atoms with van der Waals surface area (Å²) in [6, 6.07) is 7.52. The molecule has 5 nitrogen and oxygen atoms in total. The Balaban J connectivity index is 2.62. The SMILES string of the molecule is CCC(=O)c1nnn(-c2cc(C#N)ccc2C)c1CC. The van der Waals surface area contributed by atoms with Gasteiger partial charge in [0.2, 0.25) is 0 Å². The fourth-order valence-electron chi connectivity index (χ4n) is 2.10. The van der Waals surface area contributed by atoms with Crippen molar-refractivity contribution < 1.29 is 4.79 Å². The molecule has 0 aliphatic heterocycles. The Morgan fingerprint density at radius 2 is 2.15 bits per heavy atom. The van der Waals surface area contributed by atoms with E-state index >= 15 is 0 Å². The van der Waals surface area contributed by atoms with Crippen molar-refractivity contribution in [1.29, 1.82) is 5.26 Å². The number of carbonyl (C=O) groups is 1. The van der Waals surface area contributed by atoms with Crippen molar-refractivity contribution in [3.05, 3.63) is 40.7 Å². The summed E-state index contributed by atoms with van der Waals surface area (Å²) in [4.78, 5) is 11.9. The molecule has 1 aromatic carbocycles. The van der Waals surface area contributed by atoms with Gasteiger partial charge in [-0.05, 0) is 31.0 Å². The minimum atomic E-state index is -0.0119. The number of ketones is 1. The Morgan fingerprint density at radius 3 is 2.75 bits per heavy atom. The maximum Gasteiger partial charge on any atom is 0.184 e. The molecular formula is C15H16N4O. The Kier molecular flexibility index (Phi) is 3.94. The molecule has 1 aromatic heterocycles. The monoisotopic (exact) mass is 268 g/mol. The number of rotatable bonds is 4. The van der Waals surface area contributed by atoms with Crippen molar-refractivity contribution in [1.82, 2.24) is 15.0 Å². The molecule has 1 heterocycles. The van der Waals surface area contributed by atoms with Gasteiger partial charge in [-0.3, -0.25) is 4.79 Å². The standard InChI is InChI=1S/C15H16N4O/c1-4-12-15(14(20)5-2)17-18-19(12)13-8-11(9-16)7-6-10(13)3/h6-8H,4-5H2,1-3H3. The Labute approximate surface area is 117 Å². The number of nitrogens with zero attached hydrogens (tertiary/aromatic N) is 4. The second-order valence-corrected chi connectivity index (χ2v) is 4.54. The quantitative estimate of drug-likeness (QED) is 0.799. The molecule has 0 radical (unpaired) electrons. The van der Waals surface area contributed by atoms with Crippen molar-refractivity contribution in [2.45, 2.75) is 33.6 Å². The first-order chi connectivity index (χ1) is 9.62. The number of benzene rings is 1. The highest BCUT2D eigenvalue weighted by atomic mass is 16.1. The third-order valence-electron chi connectivity index (χ3n) is 3.25. The summed E-state index contributed by atoms with van der Waals surface area (Å²) in [7, 11) is 0. The smallest absolute Gasteiger partial charge is 0.184 e. The Morgan fingerprint density at radius 1 is 1.40 bits per heavy atom. The molecule has 2 rings (SSSR count). The van der Waals surface area contributed by atoms with Gasteiger partial charge < -0.3 is 0 Å². The molecule has 0 amide bonds. The molecule has 0 fully saturated rings. The minimum Gasteiger partial charge on any atom is -0.292 e. The van der Waals surface area contributed by atoms with Crippen molar-refractivity contribution in [2.75, 3.05) is 0 Å². The molecule has 0 N–H and O–H groups in total. The van der Waals surface area contributed by atoms with E-state index in [2.05, 4.69) is 16.4 Å². The third-order valence-corrected chi connectivity index (χ3v) is 3.25. The van der Waals surface area contributed by atoms with E-state index in [1.54, 1.807) is 16.8 Å². The fourth-order valence-corrected chi connectivity index (χ4v) is 2.10. The highest BCUT2D eigenvalue weighted by Gasteiger charge is 2.18. The average molecular weight is 268 g/mol. The van der Waals surface area contributed by atoms with Gasteiger partial charge in [0.15, 0.2) is 11.5 Å². The number of carbonyl (C=O) groups excluding carboxylic acids is 1. The van der Waals surface area contributed by atoms with Crippen LogP contribution in [0.15, 0.2) is 18.2 Å². The van der Waals surface area contributed by atoms with Crippen LogP contribution in [0, 0.1) is 18.3 Å². The van der Waals surface area contributed by atoms with Crippen molar-refractivity contribution in [2.24, 2.45) is 0 Å². The van der Waals surface area contributed by atoms with Crippen LogP contribution < -0.4 is 0 Å². The Hall–Kier alpha value is -2.48. The van der Waals surface area contributed by atoms with E-state index in [4.69, 9.17) is 5.26 Å². The van der Waals surface area contributed by atoms with Crippen LogP contribution in [0.5, 0.6) is 0 Å². The maximum atomic E-state index is 11.9. The summed E-state index contributed by atoms with van der Waals surface area (Å²) in [5.41, 5.74) is 3.56. The van der Waals surface area contributed by atoms with Crippen molar-refractivity contribution in [3.8, 4) is 11.8 Å². The van der Waals surface area contributed by atoms with E-state index in [0.717, 1.165) is 16.9 Å². The summed E-state index contributed by atoms with van der Waals surface area (Å²) in [6.07, 6.45) is 1.06. The molecule has 0 saturated heterocycles. The lowest BCUT2D eigenvalue weighted by Crippen LogP contribution is -2.07. The number of aromatic nitrogens is 3. The van der Waals surface area contributed by atoms with E-state index < -0.39 is 0 Å². The van der Waals surface area contributed by atoms with E-state index in [0.29, 0.717) is 24.1 Å². The van der Waals surface area contributed by atoms with E-state index in [1.165, 1.54) is 0 Å². The number of hydrogen-bond acceptors (Lipinski definition) is 4. The molecule has 0 aliphatic rings. The normalized spacial score (nSPS) is 10.3. The Bertz CT molecular complexity index is 694. The highest BCUT2D eigenvalue weighted by molar-refractivity contribution is 5.95. The van der Waals surface area contributed by atoms with Crippen LogP contribution in [0.1, 0.15) is 47.6 Å². The lowest BCUT2D eigenvalue weighted by Gasteiger charge is -2.09. The lowest BCUT2D eigenvalue weighted by molar-refractivity contribution is 0.0982. The molecule has 0 unspecified atom stereocenters. The van der Waals surface area contributed by atoms with Gasteiger partial charge in [0.1, 0.15) is 0 Å². The molecule has 0 aliphatic carbocycles. The first-order valence-corrected chi connectivity index (χ1v) is 6.61. The fraction of sp³-hybridized carbons (Fsp3) is 0.333. The molecule has 0 saturated carbocycles. The molecule has 102 valence electrons. The highest BCUT2D eigenvalue weighted by Crippen LogP contribution is 2.19. The summed E-state index contributed by atoms with van der Waals surface area (Å²) >= 11 is 0. The summed E-state index contributed by atoms with van der Waals surface area (Å²) in [5, 5.41) is 17.1. The average Bonchev–Trinajstić information content (AvgIpc) is 2.90. The molecule has 5 heteroatoms. The molecule has 0 spiro atoms. The number of aryl methyl sites for hydroxylation is 1. The van der Waals surface area contributed by atoms with Gasteiger partial charge in [-0.15, -0.1) is 5.10 Å². The van der Waals surface area contributed by atoms with Crippen LogP contribution in [0.2, 0.25) is 0 Å². The zero-order valence-corrected chi connectivity index (χ0v) is 11.8. The van der Waals surface area contributed by atoms with E-state index in [9.17, 15) is 4.79 Å². The molecule has 2 aromatic rings. The largest absolute Gasteiger partial charge is 0.292 e. The predicted molar refractivity (Wildman–Crippen MR) is 74.8 cm³/mol. The zero-order chi connectivity index (χ0) is 14.7.